The summed E-state index contributed by atoms with van der Waals surface area (Å²) in [6.45, 7) is 0.240. The molecule has 0 spiro atoms. The standard InChI is InChI=1S/C11H11NO2/c1-2-7-3-4-10-8(5-7)11(12)9(13)6-14-10/h1,3-5,9,11,13H,6,12H2/t9-,11-/m0/s1. The minimum atomic E-state index is -0.657. The number of nitrogens with two attached hydrogens (primary N) is 1. The van der Waals surface area contributed by atoms with Gasteiger partial charge >= 0.3 is 0 Å². The quantitative estimate of drug-likeness (QED) is 0.581. The first-order valence-corrected chi connectivity index (χ1v) is 4.39. The molecule has 1 aromatic carbocycles. The van der Waals surface area contributed by atoms with Gasteiger partial charge in [-0.15, -0.1) is 6.42 Å². The molecular formula is C11H11NO2. The number of rotatable bonds is 0. The Bertz CT molecular complexity index is 395. The molecule has 0 saturated carbocycles. The number of aliphatic hydroxyl groups is 1. The Morgan fingerprint density at radius 2 is 2.36 bits per heavy atom. The lowest BCUT2D eigenvalue weighted by atomic mass is 9.97. The van der Waals surface area contributed by atoms with Crippen LogP contribution in [0.25, 0.3) is 0 Å². The average Bonchev–Trinajstić information content (AvgIpc) is 2.23. The Labute approximate surface area is 82.5 Å². The molecule has 0 aromatic heterocycles. The van der Waals surface area contributed by atoms with E-state index in [2.05, 4.69) is 5.92 Å². The zero-order valence-corrected chi connectivity index (χ0v) is 7.60. The van der Waals surface area contributed by atoms with E-state index < -0.39 is 12.1 Å². The molecule has 0 aliphatic carbocycles. The van der Waals surface area contributed by atoms with Crippen molar-refractivity contribution in [2.45, 2.75) is 12.1 Å². The van der Waals surface area contributed by atoms with E-state index in [4.69, 9.17) is 16.9 Å². The maximum atomic E-state index is 9.49. The largest absolute Gasteiger partial charge is 0.490 e. The summed E-state index contributed by atoms with van der Waals surface area (Å²) in [5, 5.41) is 9.49. The van der Waals surface area contributed by atoms with E-state index in [1.165, 1.54) is 0 Å². The van der Waals surface area contributed by atoms with Gasteiger partial charge in [-0.1, -0.05) is 5.92 Å². The fraction of sp³-hybridized carbons (Fsp3) is 0.273. The molecule has 0 fully saturated rings. The summed E-state index contributed by atoms with van der Waals surface area (Å²) in [6, 6.07) is 4.95. The molecule has 1 aromatic rings. The maximum absolute atomic E-state index is 9.49. The Kier molecular flexibility index (Phi) is 2.16. The molecule has 3 heteroatoms. The predicted molar refractivity (Wildman–Crippen MR) is 52.8 cm³/mol. The summed E-state index contributed by atoms with van der Waals surface area (Å²) >= 11 is 0. The number of benzene rings is 1. The summed E-state index contributed by atoms with van der Waals surface area (Å²) in [7, 11) is 0. The molecule has 0 amide bonds. The maximum Gasteiger partial charge on any atom is 0.124 e. The average molecular weight is 189 g/mol. The van der Waals surface area contributed by atoms with Crippen molar-refractivity contribution in [1.29, 1.82) is 0 Å². The third kappa shape index (κ3) is 1.35. The van der Waals surface area contributed by atoms with Gasteiger partial charge in [-0.2, -0.15) is 0 Å². The number of aliphatic hydroxyl groups excluding tert-OH is 1. The van der Waals surface area contributed by atoms with Crippen LogP contribution in [0.5, 0.6) is 5.75 Å². The summed E-state index contributed by atoms with van der Waals surface area (Å²) < 4.78 is 5.31. The first-order valence-electron chi connectivity index (χ1n) is 4.39. The number of hydrogen-bond acceptors (Lipinski definition) is 3. The van der Waals surface area contributed by atoms with E-state index in [-0.39, 0.29) is 6.61 Å². The van der Waals surface area contributed by atoms with Crippen LogP contribution < -0.4 is 10.5 Å². The normalized spacial score (nSPS) is 24.6. The summed E-state index contributed by atoms with van der Waals surface area (Å²) in [5.74, 6) is 3.23. The predicted octanol–water partition coefficient (Wildman–Crippen LogP) is 0.421. The third-order valence-corrected chi connectivity index (χ3v) is 2.36. The van der Waals surface area contributed by atoms with Crippen molar-refractivity contribution in [2.24, 2.45) is 5.73 Å². The number of fused-ring (bicyclic) bond motifs is 1. The Balaban J connectivity index is 2.47. The minimum absolute atomic E-state index is 0.240. The van der Waals surface area contributed by atoms with Gasteiger partial charge in [0.05, 0.1) is 6.04 Å². The first-order chi connectivity index (χ1) is 6.72. The van der Waals surface area contributed by atoms with Crippen LogP contribution in [0.2, 0.25) is 0 Å². The van der Waals surface area contributed by atoms with E-state index in [0.29, 0.717) is 5.75 Å². The monoisotopic (exact) mass is 189 g/mol. The van der Waals surface area contributed by atoms with Crippen molar-refractivity contribution in [1.82, 2.24) is 0 Å². The van der Waals surface area contributed by atoms with Crippen molar-refractivity contribution in [3.05, 3.63) is 29.3 Å². The highest BCUT2D eigenvalue weighted by atomic mass is 16.5. The molecule has 1 heterocycles. The van der Waals surface area contributed by atoms with Gasteiger partial charge in [0.25, 0.3) is 0 Å². The van der Waals surface area contributed by atoms with Crippen LogP contribution >= 0.6 is 0 Å². The van der Waals surface area contributed by atoms with Gasteiger partial charge < -0.3 is 15.6 Å². The van der Waals surface area contributed by atoms with Crippen LogP contribution in [0.15, 0.2) is 18.2 Å². The van der Waals surface area contributed by atoms with Gasteiger partial charge in [0.2, 0.25) is 0 Å². The molecule has 2 rings (SSSR count). The molecule has 14 heavy (non-hydrogen) atoms. The van der Waals surface area contributed by atoms with Crippen LogP contribution in [-0.2, 0) is 0 Å². The number of hydrogen-bond donors (Lipinski definition) is 2. The Hall–Kier alpha value is -1.50. The Morgan fingerprint density at radius 1 is 1.57 bits per heavy atom. The highest BCUT2D eigenvalue weighted by Crippen LogP contribution is 2.31. The smallest absolute Gasteiger partial charge is 0.124 e. The van der Waals surface area contributed by atoms with E-state index in [1.807, 2.05) is 0 Å². The topological polar surface area (TPSA) is 55.5 Å². The van der Waals surface area contributed by atoms with Crippen molar-refractivity contribution in [2.75, 3.05) is 6.61 Å². The summed E-state index contributed by atoms with van der Waals surface area (Å²) in [6.07, 6.45) is 4.61. The molecule has 1 aliphatic heterocycles. The highest BCUT2D eigenvalue weighted by Gasteiger charge is 2.26. The van der Waals surface area contributed by atoms with Crippen LogP contribution in [0.3, 0.4) is 0 Å². The van der Waals surface area contributed by atoms with E-state index in [0.717, 1.165) is 11.1 Å². The molecule has 0 bridgehead atoms. The van der Waals surface area contributed by atoms with Crippen molar-refractivity contribution >= 4 is 0 Å². The molecule has 0 saturated heterocycles. The number of ether oxygens (including phenoxy) is 1. The molecule has 0 unspecified atom stereocenters. The molecular weight excluding hydrogens is 178 g/mol. The van der Waals surface area contributed by atoms with Gasteiger partial charge in [-0.3, -0.25) is 0 Å². The summed E-state index contributed by atoms with van der Waals surface area (Å²) in [4.78, 5) is 0. The van der Waals surface area contributed by atoms with Gasteiger partial charge in [0.15, 0.2) is 0 Å². The first kappa shape index (κ1) is 9.07. The number of terminal acetylenes is 1. The van der Waals surface area contributed by atoms with Gasteiger partial charge in [-0.25, -0.2) is 0 Å². The fourth-order valence-corrected chi connectivity index (χ4v) is 1.52. The lowest BCUT2D eigenvalue weighted by molar-refractivity contribution is 0.0678. The van der Waals surface area contributed by atoms with Crippen molar-refractivity contribution in [3.63, 3.8) is 0 Å². The Morgan fingerprint density at radius 3 is 3.07 bits per heavy atom. The van der Waals surface area contributed by atoms with Crippen LogP contribution in [0, 0.1) is 12.3 Å². The van der Waals surface area contributed by atoms with Gasteiger partial charge in [-0.05, 0) is 18.2 Å². The lowest BCUT2D eigenvalue weighted by Crippen LogP contribution is -2.35. The molecule has 0 radical (unpaired) electrons. The van der Waals surface area contributed by atoms with Crippen molar-refractivity contribution < 1.29 is 9.84 Å². The second kappa shape index (κ2) is 3.33. The van der Waals surface area contributed by atoms with E-state index in [9.17, 15) is 5.11 Å². The van der Waals surface area contributed by atoms with Crippen LogP contribution in [0.1, 0.15) is 17.2 Å². The molecule has 1 aliphatic rings. The zero-order valence-electron chi connectivity index (χ0n) is 7.60. The molecule has 3 N–H and O–H groups in total. The summed E-state index contributed by atoms with van der Waals surface area (Å²) in [5.41, 5.74) is 7.34. The van der Waals surface area contributed by atoms with E-state index >= 15 is 0 Å². The van der Waals surface area contributed by atoms with E-state index in [1.54, 1.807) is 18.2 Å². The minimum Gasteiger partial charge on any atom is -0.490 e. The highest BCUT2D eigenvalue weighted by molar-refractivity contribution is 5.46. The van der Waals surface area contributed by atoms with Crippen LogP contribution in [-0.4, -0.2) is 17.8 Å². The third-order valence-electron chi connectivity index (χ3n) is 2.36. The second-order valence-electron chi connectivity index (χ2n) is 3.30. The lowest BCUT2D eigenvalue weighted by Gasteiger charge is -2.27. The molecule has 72 valence electrons. The van der Waals surface area contributed by atoms with Gasteiger partial charge in [0, 0.05) is 11.1 Å². The van der Waals surface area contributed by atoms with Crippen molar-refractivity contribution in [3.8, 4) is 18.1 Å². The fourth-order valence-electron chi connectivity index (χ4n) is 1.52. The SMILES string of the molecule is C#Cc1ccc2c(c1)[C@H](N)[C@@H](O)CO2. The second-order valence-corrected chi connectivity index (χ2v) is 3.30. The molecule has 2 atom stereocenters. The zero-order chi connectivity index (χ0) is 10.1. The van der Waals surface area contributed by atoms with Crippen LogP contribution in [0.4, 0.5) is 0 Å². The molecule has 3 nitrogen and oxygen atoms in total. The van der Waals surface area contributed by atoms with Gasteiger partial charge in [0.1, 0.15) is 18.5 Å².